The lowest BCUT2D eigenvalue weighted by Crippen LogP contribution is -2.21. The number of benzene rings is 1. The minimum Gasteiger partial charge on any atom is -0.507 e. The summed E-state index contributed by atoms with van der Waals surface area (Å²) in [5.41, 5.74) is 1.48. The summed E-state index contributed by atoms with van der Waals surface area (Å²) in [6, 6.07) is 3.56. The van der Waals surface area contributed by atoms with Gasteiger partial charge in [0.2, 0.25) is 10.0 Å². The number of hydrogen-bond donors (Lipinski definition) is 2. The van der Waals surface area contributed by atoms with Crippen molar-refractivity contribution in [1.82, 2.24) is 0 Å². The second-order valence-electron chi connectivity index (χ2n) is 11.0. The molecule has 1 aromatic rings. The van der Waals surface area contributed by atoms with Crippen LogP contribution in [0.4, 0.5) is 5.69 Å². The van der Waals surface area contributed by atoms with Crippen molar-refractivity contribution in [3.05, 3.63) is 23.3 Å². The lowest BCUT2D eigenvalue weighted by atomic mass is 9.79. The van der Waals surface area contributed by atoms with Gasteiger partial charge in [0.05, 0.1) is 5.75 Å². The molecule has 0 aliphatic carbocycles. The van der Waals surface area contributed by atoms with Gasteiger partial charge in [-0.05, 0) is 29.4 Å². The van der Waals surface area contributed by atoms with Crippen LogP contribution in [0.3, 0.4) is 0 Å². The third-order valence-corrected chi connectivity index (χ3v) is 7.14. The molecule has 4 nitrogen and oxygen atoms in total. The molecule has 0 aliphatic rings. The summed E-state index contributed by atoms with van der Waals surface area (Å²) in [4.78, 5) is 0. The lowest BCUT2D eigenvalue weighted by Gasteiger charge is -2.28. The summed E-state index contributed by atoms with van der Waals surface area (Å²) >= 11 is 0. The summed E-state index contributed by atoms with van der Waals surface area (Å²) in [7, 11) is -3.41. The number of anilines is 1. The van der Waals surface area contributed by atoms with Crippen molar-refractivity contribution < 1.29 is 13.5 Å². The van der Waals surface area contributed by atoms with Gasteiger partial charge in [0.15, 0.2) is 0 Å². The smallest absolute Gasteiger partial charge is 0.232 e. The fraction of sp³-hybridized carbons (Fsp3) is 0.769. The molecule has 0 saturated heterocycles. The van der Waals surface area contributed by atoms with Crippen LogP contribution in [-0.2, 0) is 20.9 Å². The van der Waals surface area contributed by atoms with Crippen molar-refractivity contribution in [3.8, 4) is 5.75 Å². The van der Waals surface area contributed by atoms with Gasteiger partial charge in [-0.3, -0.25) is 4.72 Å². The van der Waals surface area contributed by atoms with E-state index in [2.05, 4.69) is 11.6 Å². The Balaban J connectivity index is 2.64. The fourth-order valence-electron chi connectivity index (χ4n) is 3.85. The minimum absolute atomic E-state index is 0.139. The summed E-state index contributed by atoms with van der Waals surface area (Å²) < 4.78 is 28.1. The van der Waals surface area contributed by atoms with Crippen LogP contribution in [0.1, 0.15) is 124 Å². The van der Waals surface area contributed by atoms with E-state index >= 15 is 0 Å². The normalized spacial score (nSPS) is 12.9. The van der Waals surface area contributed by atoms with Gasteiger partial charge in [-0.15, -0.1) is 0 Å². The van der Waals surface area contributed by atoms with E-state index in [-0.39, 0.29) is 22.3 Å². The largest absolute Gasteiger partial charge is 0.507 e. The Morgan fingerprint density at radius 3 is 1.52 bits per heavy atom. The highest BCUT2D eigenvalue weighted by atomic mass is 32.2. The Labute approximate surface area is 192 Å². The number of rotatable bonds is 13. The molecule has 0 heterocycles. The van der Waals surface area contributed by atoms with Crippen LogP contribution >= 0.6 is 0 Å². The number of phenolic OH excluding ortho intramolecular Hbond substituents is 1. The van der Waals surface area contributed by atoms with Gasteiger partial charge in [-0.2, -0.15) is 0 Å². The number of phenols is 1. The standard InChI is InChI=1S/C26H47NO3S/c1-8-9-10-11-12-13-14-15-16-17-18-31(29,30)27-21-19-22(25(2,3)4)24(28)23(20-21)26(5,6)7/h19-20,27-28H,8-18H2,1-7H3. The number of aromatic hydroxyl groups is 1. The van der Waals surface area contributed by atoms with Crippen molar-refractivity contribution in [2.45, 2.75) is 124 Å². The van der Waals surface area contributed by atoms with Crippen LogP contribution in [-0.4, -0.2) is 19.3 Å². The van der Waals surface area contributed by atoms with Crippen molar-refractivity contribution in [2.24, 2.45) is 0 Å². The van der Waals surface area contributed by atoms with Gasteiger partial charge in [0.25, 0.3) is 0 Å². The maximum atomic E-state index is 12.7. The number of unbranched alkanes of at least 4 members (excludes halogenated alkanes) is 9. The van der Waals surface area contributed by atoms with Gasteiger partial charge in [0, 0.05) is 16.8 Å². The third kappa shape index (κ3) is 10.3. The molecule has 0 unspecified atom stereocenters. The Hall–Kier alpha value is -1.23. The van der Waals surface area contributed by atoms with E-state index in [1.54, 1.807) is 12.1 Å². The number of sulfonamides is 1. The predicted molar refractivity (Wildman–Crippen MR) is 135 cm³/mol. The average molecular weight is 454 g/mol. The molecule has 0 bridgehead atoms. The predicted octanol–water partition coefficient (Wildman–Crippen LogP) is 7.65. The van der Waals surface area contributed by atoms with E-state index in [9.17, 15) is 13.5 Å². The SMILES string of the molecule is CCCCCCCCCCCCS(=O)(=O)Nc1cc(C(C)(C)C)c(O)c(C(C)(C)C)c1. The Kier molecular flexibility index (Phi) is 10.9. The quantitative estimate of drug-likeness (QED) is 0.238. The van der Waals surface area contributed by atoms with E-state index < -0.39 is 10.0 Å². The maximum Gasteiger partial charge on any atom is 0.232 e. The second kappa shape index (κ2) is 12.1. The molecule has 2 N–H and O–H groups in total. The lowest BCUT2D eigenvalue weighted by molar-refractivity contribution is 0.423. The zero-order chi connectivity index (χ0) is 23.7. The molecule has 0 radical (unpaired) electrons. The fourth-order valence-corrected chi connectivity index (χ4v) is 5.01. The van der Waals surface area contributed by atoms with Crippen molar-refractivity contribution in [3.63, 3.8) is 0 Å². The average Bonchev–Trinajstić information content (AvgIpc) is 2.62. The van der Waals surface area contributed by atoms with E-state index in [0.29, 0.717) is 12.1 Å². The third-order valence-electron chi connectivity index (χ3n) is 5.77. The van der Waals surface area contributed by atoms with Gasteiger partial charge >= 0.3 is 0 Å². The maximum absolute atomic E-state index is 12.7. The minimum atomic E-state index is -3.41. The summed E-state index contributed by atoms with van der Waals surface area (Å²) in [6.07, 6.45) is 11.8. The van der Waals surface area contributed by atoms with Crippen LogP contribution in [0.25, 0.3) is 0 Å². The van der Waals surface area contributed by atoms with Crippen LogP contribution in [0, 0.1) is 0 Å². The molecule has 0 fully saturated rings. The van der Waals surface area contributed by atoms with Crippen molar-refractivity contribution in [1.29, 1.82) is 0 Å². The topological polar surface area (TPSA) is 66.4 Å². The summed E-state index contributed by atoms with van der Waals surface area (Å²) in [5, 5.41) is 10.8. The molecule has 31 heavy (non-hydrogen) atoms. The van der Waals surface area contributed by atoms with Crippen molar-refractivity contribution in [2.75, 3.05) is 10.5 Å². The van der Waals surface area contributed by atoms with Gasteiger partial charge in [-0.1, -0.05) is 106 Å². The first-order valence-electron chi connectivity index (χ1n) is 12.2. The van der Waals surface area contributed by atoms with Gasteiger partial charge in [-0.25, -0.2) is 8.42 Å². The van der Waals surface area contributed by atoms with Crippen molar-refractivity contribution >= 4 is 15.7 Å². The first-order chi connectivity index (χ1) is 14.3. The van der Waals surface area contributed by atoms with E-state index in [4.69, 9.17) is 0 Å². The molecular weight excluding hydrogens is 406 g/mol. The molecule has 0 atom stereocenters. The first-order valence-corrected chi connectivity index (χ1v) is 13.8. The number of nitrogens with one attached hydrogen (secondary N) is 1. The molecule has 5 heteroatoms. The zero-order valence-electron chi connectivity index (χ0n) is 21.1. The first kappa shape index (κ1) is 27.8. The molecule has 180 valence electrons. The van der Waals surface area contributed by atoms with Gasteiger partial charge in [0.1, 0.15) is 5.75 Å². The molecule has 0 saturated carbocycles. The highest BCUT2D eigenvalue weighted by Gasteiger charge is 2.27. The monoisotopic (exact) mass is 453 g/mol. The highest BCUT2D eigenvalue weighted by molar-refractivity contribution is 7.92. The Morgan fingerprint density at radius 2 is 1.13 bits per heavy atom. The van der Waals surface area contributed by atoms with E-state index in [1.807, 2.05) is 41.5 Å². The molecule has 0 amide bonds. The summed E-state index contributed by atoms with van der Waals surface area (Å²) in [6.45, 7) is 14.4. The van der Waals surface area contributed by atoms with E-state index in [1.165, 1.54) is 44.9 Å². The Morgan fingerprint density at radius 1 is 0.742 bits per heavy atom. The van der Waals surface area contributed by atoms with Crippen LogP contribution in [0.5, 0.6) is 5.75 Å². The molecule has 1 rings (SSSR count). The van der Waals surface area contributed by atoms with Crippen LogP contribution < -0.4 is 4.72 Å². The highest BCUT2D eigenvalue weighted by Crippen LogP contribution is 2.41. The van der Waals surface area contributed by atoms with Crippen LogP contribution in [0.15, 0.2) is 12.1 Å². The summed E-state index contributed by atoms with van der Waals surface area (Å²) in [5.74, 6) is 0.401. The zero-order valence-corrected chi connectivity index (χ0v) is 21.9. The van der Waals surface area contributed by atoms with E-state index in [0.717, 1.165) is 24.0 Å². The van der Waals surface area contributed by atoms with Gasteiger partial charge < -0.3 is 5.11 Å². The second-order valence-corrected chi connectivity index (χ2v) is 12.9. The molecule has 0 aromatic heterocycles. The molecule has 0 spiro atoms. The van der Waals surface area contributed by atoms with Crippen LogP contribution in [0.2, 0.25) is 0 Å². The molecule has 1 aromatic carbocycles. The Bertz CT molecular complexity index is 736. The molecule has 0 aliphatic heterocycles. The molecular formula is C26H47NO3S. The number of hydrogen-bond acceptors (Lipinski definition) is 3.